The summed E-state index contributed by atoms with van der Waals surface area (Å²) in [6.45, 7) is 7.89. The Morgan fingerprint density at radius 1 is 1.18 bits per heavy atom. The van der Waals surface area contributed by atoms with Crippen molar-refractivity contribution in [1.29, 1.82) is 0 Å². The number of carbonyl (C=O) groups excluding carboxylic acids is 1. The Hall–Kier alpha value is -2.04. The van der Waals surface area contributed by atoms with Gasteiger partial charge in [-0.15, -0.1) is 0 Å². The second kappa shape index (κ2) is 9.07. The molecule has 0 aromatic heterocycles. The van der Waals surface area contributed by atoms with Crippen molar-refractivity contribution in [2.45, 2.75) is 27.3 Å². The molecule has 0 spiro atoms. The summed E-state index contributed by atoms with van der Waals surface area (Å²) < 4.78 is 0. The normalized spacial score (nSPS) is 11.5. The van der Waals surface area contributed by atoms with Gasteiger partial charge in [0, 0.05) is 39.6 Å². The summed E-state index contributed by atoms with van der Waals surface area (Å²) in [6.07, 6.45) is 0. The molecule has 5 nitrogen and oxygen atoms in total. The first-order valence-corrected chi connectivity index (χ1v) is 7.69. The van der Waals surface area contributed by atoms with E-state index in [4.69, 9.17) is 0 Å². The number of hydrogen-bond donors (Lipinski definition) is 2. The molecule has 2 N–H and O–H groups in total. The van der Waals surface area contributed by atoms with E-state index in [9.17, 15) is 4.79 Å². The highest BCUT2D eigenvalue weighted by Gasteiger charge is 2.08. The summed E-state index contributed by atoms with van der Waals surface area (Å²) >= 11 is 0. The molecular formula is C17H28N4O. The molecule has 122 valence electrons. The lowest BCUT2D eigenvalue weighted by Crippen LogP contribution is -2.42. The molecule has 1 rings (SSSR count). The summed E-state index contributed by atoms with van der Waals surface area (Å²) in [5.41, 5.74) is 2.50. The van der Waals surface area contributed by atoms with E-state index in [0.29, 0.717) is 13.1 Å². The molecule has 0 aliphatic heterocycles. The fourth-order valence-corrected chi connectivity index (χ4v) is 1.99. The van der Waals surface area contributed by atoms with Gasteiger partial charge in [0.15, 0.2) is 5.96 Å². The molecule has 0 aliphatic rings. The maximum Gasteiger partial charge on any atom is 0.222 e. The van der Waals surface area contributed by atoms with Crippen molar-refractivity contribution in [3.8, 4) is 0 Å². The van der Waals surface area contributed by atoms with Crippen molar-refractivity contribution in [1.82, 2.24) is 15.5 Å². The third-order valence-corrected chi connectivity index (χ3v) is 3.35. The molecule has 0 aliphatic carbocycles. The highest BCUT2D eigenvalue weighted by Crippen LogP contribution is 2.05. The Morgan fingerprint density at radius 3 is 2.32 bits per heavy atom. The first-order chi connectivity index (χ1) is 10.4. The fourth-order valence-electron chi connectivity index (χ4n) is 1.99. The zero-order chi connectivity index (χ0) is 16.5. The van der Waals surface area contributed by atoms with E-state index in [0.717, 1.165) is 12.5 Å². The van der Waals surface area contributed by atoms with E-state index < -0.39 is 0 Å². The number of nitrogens with one attached hydrogen (secondary N) is 2. The van der Waals surface area contributed by atoms with Gasteiger partial charge >= 0.3 is 0 Å². The van der Waals surface area contributed by atoms with Crippen molar-refractivity contribution in [2.75, 3.05) is 27.2 Å². The zero-order valence-corrected chi connectivity index (χ0v) is 14.3. The largest absolute Gasteiger partial charge is 0.354 e. The summed E-state index contributed by atoms with van der Waals surface area (Å²) in [4.78, 5) is 17.8. The maximum absolute atomic E-state index is 11.5. The average Bonchev–Trinajstić information content (AvgIpc) is 2.49. The van der Waals surface area contributed by atoms with Crippen molar-refractivity contribution in [2.24, 2.45) is 10.9 Å². The molecule has 0 heterocycles. The summed E-state index contributed by atoms with van der Waals surface area (Å²) in [5.74, 6) is 0.910. The first-order valence-electron chi connectivity index (χ1n) is 7.69. The Balaban J connectivity index is 2.40. The van der Waals surface area contributed by atoms with E-state index in [1.165, 1.54) is 11.1 Å². The summed E-state index contributed by atoms with van der Waals surface area (Å²) in [6, 6.07) is 8.48. The Bertz CT molecular complexity index is 494. The number of aryl methyl sites for hydroxylation is 1. The molecule has 1 amide bonds. The van der Waals surface area contributed by atoms with Crippen LogP contribution in [0, 0.1) is 12.8 Å². The van der Waals surface area contributed by atoms with Crippen LogP contribution in [-0.4, -0.2) is 44.0 Å². The van der Waals surface area contributed by atoms with Crippen LogP contribution in [-0.2, 0) is 11.3 Å². The molecular weight excluding hydrogens is 276 g/mol. The average molecular weight is 304 g/mol. The predicted molar refractivity (Wildman–Crippen MR) is 91.9 cm³/mol. The molecule has 1 aromatic rings. The lowest BCUT2D eigenvalue weighted by molar-refractivity contribution is -0.123. The van der Waals surface area contributed by atoms with E-state index >= 15 is 0 Å². The van der Waals surface area contributed by atoms with Crippen LogP contribution in [0.3, 0.4) is 0 Å². The molecule has 5 heteroatoms. The molecule has 0 radical (unpaired) electrons. The molecule has 0 fully saturated rings. The zero-order valence-electron chi connectivity index (χ0n) is 14.3. The van der Waals surface area contributed by atoms with Gasteiger partial charge in [-0.05, 0) is 12.5 Å². The second-order valence-electron chi connectivity index (χ2n) is 5.76. The number of aliphatic imine (C=N–C) groups is 1. The van der Waals surface area contributed by atoms with Crippen molar-refractivity contribution >= 4 is 11.9 Å². The number of nitrogens with zero attached hydrogens (tertiary/aromatic N) is 2. The van der Waals surface area contributed by atoms with Gasteiger partial charge in [-0.1, -0.05) is 43.7 Å². The minimum Gasteiger partial charge on any atom is -0.354 e. The Kier molecular flexibility index (Phi) is 7.43. The number of rotatable bonds is 6. The van der Waals surface area contributed by atoms with Crippen molar-refractivity contribution < 1.29 is 4.79 Å². The fraction of sp³-hybridized carbons (Fsp3) is 0.529. The van der Waals surface area contributed by atoms with Crippen LogP contribution in [0.15, 0.2) is 29.3 Å². The van der Waals surface area contributed by atoms with E-state index in [-0.39, 0.29) is 11.8 Å². The maximum atomic E-state index is 11.5. The topological polar surface area (TPSA) is 56.7 Å². The molecule has 0 saturated carbocycles. The van der Waals surface area contributed by atoms with Crippen LogP contribution in [0.5, 0.6) is 0 Å². The smallest absolute Gasteiger partial charge is 0.222 e. The number of guanidine groups is 1. The quantitative estimate of drug-likeness (QED) is 0.478. The molecule has 22 heavy (non-hydrogen) atoms. The third kappa shape index (κ3) is 6.16. The summed E-state index contributed by atoms with van der Waals surface area (Å²) in [7, 11) is 3.77. The van der Waals surface area contributed by atoms with Crippen LogP contribution in [0.25, 0.3) is 0 Å². The molecule has 0 saturated heterocycles. The molecule has 0 atom stereocenters. The van der Waals surface area contributed by atoms with Gasteiger partial charge < -0.3 is 15.5 Å². The van der Waals surface area contributed by atoms with Gasteiger partial charge in [-0.25, -0.2) is 0 Å². The SMILES string of the molecule is CN=C(NCCNC(=O)C(C)C)N(C)Cc1ccc(C)cc1. The minimum absolute atomic E-state index is 0.0172. The number of hydrogen-bond acceptors (Lipinski definition) is 2. The van der Waals surface area contributed by atoms with Crippen LogP contribution >= 0.6 is 0 Å². The number of carbonyl (C=O) groups is 1. The Labute approximate surface area is 133 Å². The summed E-state index contributed by atoms with van der Waals surface area (Å²) in [5, 5.41) is 6.14. The second-order valence-corrected chi connectivity index (χ2v) is 5.76. The van der Waals surface area contributed by atoms with Crippen LogP contribution in [0.1, 0.15) is 25.0 Å². The highest BCUT2D eigenvalue weighted by atomic mass is 16.1. The van der Waals surface area contributed by atoms with Crippen LogP contribution in [0.2, 0.25) is 0 Å². The van der Waals surface area contributed by atoms with Gasteiger partial charge in [0.2, 0.25) is 5.91 Å². The standard InChI is InChI=1S/C17H28N4O/c1-13(2)16(22)19-10-11-20-17(18-4)21(5)12-15-8-6-14(3)7-9-15/h6-9,13H,10-12H2,1-5H3,(H,18,20)(H,19,22). The van der Waals surface area contributed by atoms with Gasteiger partial charge in [0.25, 0.3) is 0 Å². The lowest BCUT2D eigenvalue weighted by atomic mass is 10.1. The minimum atomic E-state index is 0.0172. The monoisotopic (exact) mass is 304 g/mol. The molecule has 1 aromatic carbocycles. The number of amides is 1. The highest BCUT2D eigenvalue weighted by molar-refractivity contribution is 5.80. The van der Waals surface area contributed by atoms with Crippen LogP contribution in [0.4, 0.5) is 0 Å². The number of benzene rings is 1. The predicted octanol–water partition coefficient (Wildman–Crippen LogP) is 1.77. The molecule has 0 bridgehead atoms. The lowest BCUT2D eigenvalue weighted by Gasteiger charge is -2.22. The van der Waals surface area contributed by atoms with Gasteiger partial charge in [0.05, 0.1) is 0 Å². The van der Waals surface area contributed by atoms with Gasteiger partial charge in [-0.3, -0.25) is 9.79 Å². The van der Waals surface area contributed by atoms with E-state index in [1.807, 2.05) is 20.9 Å². The van der Waals surface area contributed by atoms with Gasteiger partial charge in [0.1, 0.15) is 0 Å². The van der Waals surface area contributed by atoms with Crippen molar-refractivity contribution in [3.63, 3.8) is 0 Å². The third-order valence-electron chi connectivity index (χ3n) is 3.35. The first kappa shape index (κ1) is 18.0. The van der Waals surface area contributed by atoms with Crippen molar-refractivity contribution in [3.05, 3.63) is 35.4 Å². The van der Waals surface area contributed by atoms with E-state index in [1.54, 1.807) is 7.05 Å². The van der Waals surface area contributed by atoms with Gasteiger partial charge in [-0.2, -0.15) is 0 Å². The molecule has 0 unspecified atom stereocenters. The Morgan fingerprint density at radius 2 is 1.77 bits per heavy atom. The van der Waals surface area contributed by atoms with Crippen LogP contribution < -0.4 is 10.6 Å². The van der Waals surface area contributed by atoms with E-state index in [2.05, 4.69) is 51.7 Å².